The van der Waals surface area contributed by atoms with E-state index in [0.29, 0.717) is 6.04 Å². The molecule has 0 heterocycles. The van der Waals surface area contributed by atoms with Crippen LogP contribution in [0.4, 0.5) is 0 Å². The highest BCUT2D eigenvalue weighted by atomic mass is 79.9. The third kappa shape index (κ3) is 5.06. The first-order valence-electron chi connectivity index (χ1n) is 6.92. The largest absolute Gasteiger partial charge is 0.457 e. The van der Waals surface area contributed by atoms with Gasteiger partial charge in [0.1, 0.15) is 11.5 Å². The van der Waals surface area contributed by atoms with E-state index in [0.717, 1.165) is 28.1 Å². The number of benzene rings is 2. The summed E-state index contributed by atoms with van der Waals surface area (Å²) in [6.07, 6.45) is 2.07. The molecular formula is C17H20BrNOS. The zero-order chi connectivity index (χ0) is 15.2. The summed E-state index contributed by atoms with van der Waals surface area (Å²) in [5.74, 6) is 1.74. The van der Waals surface area contributed by atoms with E-state index < -0.39 is 0 Å². The molecule has 0 aliphatic carbocycles. The van der Waals surface area contributed by atoms with Crippen molar-refractivity contribution in [3.8, 4) is 11.5 Å². The molecule has 0 spiro atoms. The van der Waals surface area contributed by atoms with Gasteiger partial charge in [-0.25, -0.2) is 0 Å². The maximum Gasteiger partial charge on any atom is 0.133 e. The first-order chi connectivity index (χ1) is 10.1. The standard InChI is InChI=1S/C17H20BrNOS/c1-12(2)19-11-13-4-5-14(18)10-17(13)20-15-6-8-16(21-3)9-7-15/h4-10,12,19H,11H2,1-3H3. The molecule has 0 saturated heterocycles. The lowest BCUT2D eigenvalue weighted by molar-refractivity contribution is 0.469. The van der Waals surface area contributed by atoms with Crippen molar-refractivity contribution in [3.63, 3.8) is 0 Å². The quantitative estimate of drug-likeness (QED) is 0.686. The Morgan fingerprint density at radius 1 is 1.14 bits per heavy atom. The minimum absolute atomic E-state index is 0.447. The monoisotopic (exact) mass is 365 g/mol. The predicted molar refractivity (Wildman–Crippen MR) is 94.4 cm³/mol. The van der Waals surface area contributed by atoms with E-state index in [-0.39, 0.29) is 0 Å². The molecule has 0 aliphatic rings. The third-order valence-corrected chi connectivity index (χ3v) is 4.25. The second kappa shape index (κ2) is 7.87. The average Bonchev–Trinajstić information content (AvgIpc) is 2.47. The summed E-state index contributed by atoms with van der Waals surface area (Å²) < 4.78 is 7.06. The zero-order valence-electron chi connectivity index (χ0n) is 12.5. The molecule has 4 heteroatoms. The molecule has 0 radical (unpaired) electrons. The smallest absolute Gasteiger partial charge is 0.133 e. The van der Waals surface area contributed by atoms with E-state index in [9.17, 15) is 0 Å². The number of nitrogens with one attached hydrogen (secondary N) is 1. The molecule has 0 fully saturated rings. The van der Waals surface area contributed by atoms with Crippen LogP contribution in [0.1, 0.15) is 19.4 Å². The Balaban J connectivity index is 2.18. The molecule has 2 rings (SSSR count). The lowest BCUT2D eigenvalue weighted by Gasteiger charge is -2.14. The number of hydrogen-bond donors (Lipinski definition) is 1. The van der Waals surface area contributed by atoms with E-state index in [1.54, 1.807) is 11.8 Å². The van der Waals surface area contributed by atoms with Crippen molar-refractivity contribution in [3.05, 3.63) is 52.5 Å². The third-order valence-electron chi connectivity index (χ3n) is 3.02. The van der Waals surface area contributed by atoms with Gasteiger partial charge in [-0.15, -0.1) is 11.8 Å². The molecule has 0 bridgehead atoms. The minimum Gasteiger partial charge on any atom is -0.457 e. The lowest BCUT2D eigenvalue weighted by atomic mass is 10.2. The molecule has 0 saturated carbocycles. The van der Waals surface area contributed by atoms with Gasteiger partial charge < -0.3 is 10.1 Å². The summed E-state index contributed by atoms with van der Waals surface area (Å²) in [5, 5.41) is 3.43. The van der Waals surface area contributed by atoms with Gasteiger partial charge in [-0.2, -0.15) is 0 Å². The Morgan fingerprint density at radius 2 is 1.86 bits per heavy atom. The fraction of sp³-hybridized carbons (Fsp3) is 0.294. The normalized spacial score (nSPS) is 10.9. The van der Waals surface area contributed by atoms with Gasteiger partial charge in [0, 0.05) is 27.5 Å². The molecular weight excluding hydrogens is 346 g/mol. The molecule has 112 valence electrons. The number of hydrogen-bond acceptors (Lipinski definition) is 3. The maximum absolute atomic E-state index is 6.04. The van der Waals surface area contributed by atoms with Crippen molar-refractivity contribution in [2.75, 3.05) is 6.26 Å². The zero-order valence-corrected chi connectivity index (χ0v) is 14.9. The summed E-state index contributed by atoms with van der Waals surface area (Å²) in [4.78, 5) is 1.23. The second-order valence-electron chi connectivity index (χ2n) is 5.07. The summed E-state index contributed by atoms with van der Waals surface area (Å²) in [7, 11) is 0. The van der Waals surface area contributed by atoms with Crippen molar-refractivity contribution in [2.45, 2.75) is 31.3 Å². The van der Waals surface area contributed by atoms with Gasteiger partial charge in [0.05, 0.1) is 0 Å². The van der Waals surface area contributed by atoms with Crippen LogP contribution in [0.5, 0.6) is 11.5 Å². The number of ether oxygens (including phenoxy) is 1. The Labute approximate surface area is 139 Å². The van der Waals surface area contributed by atoms with Gasteiger partial charge in [0.2, 0.25) is 0 Å². The van der Waals surface area contributed by atoms with Crippen molar-refractivity contribution < 1.29 is 4.74 Å². The van der Waals surface area contributed by atoms with Crippen LogP contribution >= 0.6 is 27.7 Å². The Hall–Kier alpha value is -0.970. The van der Waals surface area contributed by atoms with Gasteiger partial charge in [0.15, 0.2) is 0 Å². The van der Waals surface area contributed by atoms with Crippen LogP contribution in [-0.4, -0.2) is 12.3 Å². The summed E-state index contributed by atoms with van der Waals surface area (Å²) in [6, 6.07) is 14.8. The molecule has 2 aromatic carbocycles. The highest BCUT2D eigenvalue weighted by molar-refractivity contribution is 9.10. The molecule has 1 N–H and O–H groups in total. The number of thioether (sulfide) groups is 1. The predicted octanol–water partition coefficient (Wildman–Crippen LogP) is 5.46. The highest BCUT2D eigenvalue weighted by Gasteiger charge is 2.07. The van der Waals surface area contributed by atoms with Crippen molar-refractivity contribution in [1.82, 2.24) is 5.32 Å². The van der Waals surface area contributed by atoms with E-state index >= 15 is 0 Å². The molecule has 0 aliphatic heterocycles. The SMILES string of the molecule is CSc1ccc(Oc2cc(Br)ccc2CNC(C)C)cc1. The van der Waals surface area contributed by atoms with Crippen molar-refractivity contribution in [1.29, 1.82) is 0 Å². The van der Waals surface area contributed by atoms with Gasteiger partial charge in [0.25, 0.3) is 0 Å². The Morgan fingerprint density at radius 3 is 2.48 bits per heavy atom. The number of rotatable bonds is 6. The van der Waals surface area contributed by atoms with Crippen LogP contribution in [0.3, 0.4) is 0 Å². The van der Waals surface area contributed by atoms with Gasteiger partial charge in [-0.05, 0) is 42.7 Å². The van der Waals surface area contributed by atoms with Gasteiger partial charge in [-0.1, -0.05) is 35.8 Å². The maximum atomic E-state index is 6.04. The van der Waals surface area contributed by atoms with E-state index in [1.165, 1.54) is 4.90 Å². The van der Waals surface area contributed by atoms with Crippen LogP contribution in [-0.2, 0) is 6.54 Å². The molecule has 0 unspecified atom stereocenters. The van der Waals surface area contributed by atoms with Crippen LogP contribution in [0.25, 0.3) is 0 Å². The van der Waals surface area contributed by atoms with E-state index in [1.807, 2.05) is 24.3 Å². The van der Waals surface area contributed by atoms with E-state index in [4.69, 9.17) is 4.74 Å². The van der Waals surface area contributed by atoms with Crippen LogP contribution in [0.2, 0.25) is 0 Å². The van der Waals surface area contributed by atoms with Crippen molar-refractivity contribution in [2.24, 2.45) is 0 Å². The second-order valence-corrected chi connectivity index (χ2v) is 6.86. The molecule has 2 aromatic rings. The van der Waals surface area contributed by atoms with Crippen LogP contribution in [0.15, 0.2) is 51.8 Å². The summed E-state index contributed by atoms with van der Waals surface area (Å²) in [5.41, 5.74) is 1.15. The Kier molecular flexibility index (Phi) is 6.15. The molecule has 2 nitrogen and oxygen atoms in total. The topological polar surface area (TPSA) is 21.3 Å². The molecule has 0 atom stereocenters. The lowest BCUT2D eigenvalue weighted by Crippen LogP contribution is -2.22. The van der Waals surface area contributed by atoms with Gasteiger partial charge in [-0.3, -0.25) is 0 Å². The molecule has 0 aromatic heterocycles. The highest BCUT2D eigenvalue weighted by Crippen LogP contribution is 2.29. The van der Waals surface area contributed by atoms with E-state index in [2.05, 4.69) is 59.5 Å². The summed E-state index contributed by atoms with van der Waals surface area (Å²) >= 11 is 5.24. The average molecular weight is 366 g/mol. The fourth-order valence-corrected chi connectivity index (χ4v) is 2.60. The van der Waals surface area contributed by atoms with Gasteiger partial charge >= 0.3 is 0 Å². The molecule has 0 amide bonds. The first-order valence-corrected chi connectivity index (χ1v) is 8.94. The van der Waals surface area contributed by atoms with Crippen LogP contribution in [0, 0.1) is 0 Å². The minimum atomic E-state index is 0.447. The molecule has 21 heavy (non-hydrogen) atoms. The number of halogens is 1. The Bertz CT molecular complexity index is 584. The summed E-state index contributed by atoms with van der Waals surface area (Å²) in [6.45, 7) is 5.07. The first kappa shape index (κ1) is 16.4. The van der Waals surface area contributed by atoms with Crippen LogP contribution < -0.4 is 10.1 Å². The van der Waals surface area contributed by atoms with Crippen molar-refractivity contribution >= 4 is 27.7 Å². The fourth-order valence-electron chi connectivity index (χ4n) is 1.85.